The van der Waals surface area contributed by atoms with Gasteiger partial charge in [-0.25, -0.2) is 0 Å². The molecule has 0 aliphatic carbocycles. The number of hydrogen-bond donors (Lipinski definition) is 0. The van der Waals surface area contributed by atoms with Crippen molar-refractivity contribution in [1.82, 2.24) is 4.90 Å². The Balaban J connectivity index is 1.58. The minimum absolute atomic E-state index is 0.487. The van der Waals surface area contributed by atoms with Gasteiger partial charge in [0.2, 0.25) is 0 Å². The van der Waals surface area contributed by atoms with Crippen molar-refractivity contribution in [3.8, 4) is 0 Å². The van der Waals surface area contributed by atoms with Gasteiger partial charge in [-0.1, -0.05) is 82.9 Å². The van der Waals surface area contributed by atoms with Crippen LogP contribution in [0.2, 0.25) is 0 Å². The van der Waals surface area contributed by atoms with Gasteiger partial charge >= 0.3 is 0 Å². The Morgan fingerprint density at radius 3 is 1.96 bits per heavy atom. The van der Waals surface area contributed by atoms with Crippen LogP contribution in [0.5, 0.6) is 0 Å². The topological polar surface area (TPSA) is 6.48 Å². The van der Waals surface area contributed by atoms with Gasteiger partial charge < -0.3 is 9.80 Å². The van der Waals surface area contributed by atoms with Crippen LogP contribution in [0.3, 0.4) is 0 Å². The number of rotatable bonds is 12. The van der Waals surface area contributed by atoms with E-state index in [1.165, 1.54) is 76.3 Å². The van der Waals surface area contributed by atoms with Gasteiger partial charge in [0.05, 0.1) is 0 Å². The third-order valence-corrected chi connectivity index (χ3v) is 5.12. The first-order valence-electron chi connectivity index (χ1n) is 10.1. The molecular weight excluding hydrogens is 292 g/mol. The molecule has 24 heavy (non-hydrogen) atoms. The summed E-state index contributed by atoms with van der Waals surface area (Å²) in [5, 5.41) is 0. The van der Waals surface area contributed by atoms with Gasteiger partial charge in [0.1, 0.15) is 6.17 Å². The van der Waals surface area contributed by atoms with Crippen LogP contribution in [0, 0.1) is 0 Å². The quantitative estimate of drug-likeness (QED) is 0.402. The van der Waals surface area contributed by atoms with E-state index in [1.807, 2.05) is 0 Å². The molecule has 0 spiro atoms. The van der Waals surface area contributed by atoms with Gasteiger partial charge in [-0.15, -0.1) is 0 Å². The van der Waals surface area contributed by atoms with Crippen LogP contribution in [0.1, 0.15) is 77.6 Å². The summed E-state index contributed by atoms with van der Waals surface area (Å²) in [6.07, 6.45) is 20.2. The van der Waals surface area contributed by atoms with Crippen molar-refractivity contribution in [2.24, 2.45) is 0 Å². The maximum atomic E-state index is 2.41. The number of hydrogen-bond acceptors (Lipinski definition) is 2. The minimum Gasteiger partial charge on any atom is -0.359 e. The summed E-state index contributed by atoms with van der Waals surface area (Å²) in [6.45, 7) is 2.29. The van der Waals surface area contributed by atoms with E-state index in [9.17, 15) is 0 Å². The van der Waals surface area contributed by atoms with Crippen LogP contribution in [-0.2, 0) is 0 Å². The molecule has 1 unspecified atom stereocenters. The predicted octanol–water partition coefficient (Wildman–Crippen LogP) is 6.55. The van der Waals surface area contributed by atoms with Gasteiger partial charge in [0.15, 0.2) is 0 Å². The molecule has 2 nitrogen and oxygen atoms in total. The van der Waals surface area contributed by atoms with Gasteiger partial charge in [-0.2, -0.15) is 0 Å². The molecule has 0 N–H and O–H groups in total. The van der Waals surface area contributed by atoms with Crippen molar-refractivity contribution in [1.29, 1.82) is 0 Å². The standard InChI is InChI=1S/C22H36N2/c1-3-4-5-6-7-8-9-10-11-15-18-22-23(2)19-20-24(22)21-16-13-12-14-17-21/h12-14,16-17,19-20,22H,3-11,15,18H2,1-2H3. The van der Waals surface area contributed by atoms with E-state index in [1.54, 1.807) is 0 Å². The Hall–Kier alpha value is -1.44. The van der Waals surface area contributed by atoms with Gasteiger partial charge in [0.25, 0.3) is 0 Å². The summed E-state index contributed by atoms with van der Waals surface area (Å²) in [6, 6.07) is 10.7. The highest BCUT2D eigenvalue weighted by atomic mass is 15.4. The molecule has 134 valence electrons. The van der Waals surface area contributed by atoms with Crippen LogP contribution in [0.4, 0.5) is 5.69 Å². The smallest absolute Gasteiger partial charge is 0.105 e. The van der Waals surface area contributed by atoms with Crippen molar-refractivity contribution < 1.29 is 0 Å². The highest BCUT2D eigenvalue weighted by molar-refractivity contribution is 5.51. The molecule has 2 heteroatoms. The van der Waals surface area contributed by atoms with Crippen LogP contribution in [0.15, 0.2) is 42.7 Å². The third kappa shape index (κ3) is 6.22. The number of anilines is 1. The van der Waals surface area contributed by atoms with E-state index in [2.05, 4.69) is 66.5 Å². The van der Waals surface area contributed by atoms with Crippen molar-refractivity contribution in [2.75, 3.05) is 11.9 Å². The molecule has 0 fully saturated rings. The first-order chi connectivity index (χ1) is 11.8. The molecule has 1 aromatic carbocycles. The van der Waals surface area contributed by atoms with Gasteiger partial charge in [-0.05, 0) is 25.0 Å². The lowest BCUT2D eigenvalue weighted by atomic mass is 10.0. The SMILES string of the molecule is CCCCCCCCCCCCC1N(C)C=CN1c1ccccc1. The normalized spacial score (nSPS) is 17.0. The first-order valence-corrected chi connectivity index (χ1v) is 10.1. The van der Waals surface area contributed by atoms with E-state index in [0.717, 1.165) is 0 Å². The molecule has 0 saturated carbocycles. The molecule has 0 saturated heterocycles. The molecule has 0 bridgehead atoms. The van der Waals surface area contributed by atoms with Crippen LogP contribution >= 0.6 is 0 Å². The Labute approximate surface area is 149 Å². The lowest BCUT2D eigenvalue weighted by Crippen LogP contribution is -2.36. The molecule has 0 radical (unpaired) electrons. The Morgan fingerprint density at radius 2 is 1.33 bits per heavy atom. The summed E-state index contributed by atoms with van der Waals surface area (Å²) in [4.78, 5) is 4.76. The summed E-state index contributed by atoms with van der Waals surface area (Å²) in [5.74, 6) is 0. The Kier molecular flexibility index (Phi) is 8.80. The maximum absolute atomic E-state index is 2.41. The van der Waals surface area contributed by atoms with E-state index < -0.39 is 0 Å². The summed E-state index contributed by atoms with van der Waals surface area (Å²) in [7, 11) is 2.19. The second-order valence-electron chi connectivity index (χ2n) is 7.16. The van der Waals surface area contributed by atoms with E-state index in [0.29, 0.717) is 6.17 Å². The molecular formula is C22H36N2. The number of nitrogens with zero attached hydrogens (tertiary/aromatic N) is 2. The second-order valence-corrected chi connectivity index (χ2v) is 7.16. The fourth-order valence-electron chi connectivity index (χ4n) is 3.59. The second kappa shape index (κ2) is 11.2. The zero-order chi connectivity index (χ0) is 17.0. The van der Waals surface area contributed by atoms with Crippen LogP contribution in [-0.4, -0.2) is 18.1 Å². The molecule has 0 aromatic heterocycles. The lowest BCUT2D eigenvalue weighted by Gasteiger charge is -2.30. The van der Waals surface area contributed by atoms with Gasteiger partial charge in [-0.3, -0.25) is 0 Å². The zero-order valence-electron chi connectivity index (χ0n) is 15.8. The highest BCUT2D eigenvalue weighted by Gasteiger charge is 2.23. The number of benzene rings is 1. The number of unbranched alkanes of at least 4 members (excludes halogenated alkanes) is 9. The molecule has 1 aliphatic rings. The minimum atomic E-state index is 0.487. The lowest BCUT2D eigenvalue weighted by molar-refractivity contribution is 0.329. The monoisotopic (exact) mass is 328 g/mol. The molecule has 1 aliphatic heterocycles. The molecule has 1 heterocycles. The summed E-state index contributed by atoms with van der Waals surface area (Å²) >= 11 is 0. The summed E-state index contributed by atoms with van der Waals surface area (Å²) in [5.41, 5.74) is 1.30. The largest absolute Gasteiger partial charge is 0.359 e. The van der Waals surface area contributed by atoms with E-state index >= 15 is 0 Å². The van der Waals surface area contributed by atoms with Crippen LogP contribution in [0.25, 0.3) is 0 Å². The molecule has 1 atom stereocenters. The zero-order valence-corrected chi connectivity index (χ0v) is 15.8. The first kappa shape index (κ1) is 18.9. The predicted molar refractivity (Wildman–Crippen MR) is 106 cm³/mol. The molecule has 0 amide bonds. The molecule has 2 rings (SSSR count). The fourth-order valence-corrected chi connectivity index (χ4v) is 3.59. The average Bonchev–Trinajstić information content (AvgIpc) is 2.98. The summed E-state index contributed by atoms with van der Waals surface area (Å²) < 4.78 is 0. The highest BCUT2D eigenvalue weighted by Crippen LogP contribution is 2.26. The van der Waals surface area contributed by atoms with Gasteiger partial charge in [0, 0.05) is 25.1 Å². The van der Waals surface area contributed by atoms with E-state index in [4.69, 9.17) is 0 Å². The van der Waals surface area contributed by atoms with Crippen molar-refractivity contribution in [3.63, 3.8) is 0 Å². The van der Waals surface area contributed by atoms with Crippen molar-refractivity contribution in [3.05, 3.63) is 42.7 Å². The number of para-hydroxylation sites is 1. The Bertz CT molecular complexity index is 454. The van der Waals surface area contributed by atoms with Crippen molar-refractivity contribution >= 4 is 5.69 Å². The average molecular weight is 329 g/mol. The maximum Gasteiger partial charge on any atom is 0.105 e. The van der Waals surface area contributed by atoms with E-state index in [-0.39, 0.29) is 0 Å². The van der Waals surface area contributed by atoms with Crippen LogP contribution < -0.4 is 4.90 Å². The Morgan fingerprint density at radius 1 is 0.750 bits per heavy atom. The fraction of sp³-hybridized carbons (Fsp3) is 0.636. The van der Waals surface area contributed by atoms with Crippen molar-refractivity contribution in [2.45, 2.75) is 83.7 Å². The third-order valence-electron chi connectivity index (χ3n) is 5.12. The molecule has 1 aromatic rings.